The predicted octanol–water partition coefficient (Wildman–Crippen LogP) is 4.39. The molecule has 2 fully saturated rings. The quantitative estimate of drug-likeness (QED) is 0.672. The number of carbonyl (C=O) groups excluding carboxylic acids is 1. The molecule has 2 aliphatic heterocycles. The highest BCUT2D eigenvalue weighted by atomic mass is 16.7. The molecule has 5 nitrogen and oxygen atoms in total. The average Bonchev–Trinajstić information content (AvgIpc) is 2.60. The molecule has 0 radical (unpaired) electrons. The lowest BCUT2D eigenvalue weighted by Gasteiger charge is -2.48. The summed E-state index contributed by atoms with van der Waals surface area (Å²) < 4.78 is 24.4. The van der Waals surface area contributed by atoms with Crippen LogP contribution in [-0.4, -0.2) is 36.9 Å². The van der Waals surface area contributed by atoms with Crippen LogP contribution in [-0.2, 0) is 23.7 Å². The van der Waals surface area contributed by atoms with E-state index in [9.17, 15) is 4.79 Å². The summed E-state index contributed by atoms with van der Waals surface area (Å²) in [5, 5.41) is 0. The molecule has 0 amide bonds. The summed E-state index contributed by atoms with van der Waals surface area (Å²) in [6.45, 7) is 16.7. The fourth-order valence-corrected chi connectivity index (χ4v) is 4.36. The standard InChI is InChI=1S/C21H38O5/c1-9-17-12(4)11(3)14(6)21(24-17)26-19-13(5)15(7)20(23-16(8)22)25-18(19)10-2/h11-15,17-21H,9-10H2,1-8H3/t11-,12-,13?,14?,15+,17?,18?,19+,20?,21-/m0/s1. The topological polar surface area (TPSA) is 54.0 Å². The van der Waals surface area contributed by atoms with Crippen LogP contribution in [0.5, 0.6) is 0 Å². The molecule has 5 unspecified atom stereocenters. The molecule has 0 aliphatic carbocycles. The van der Waals surface area contributed by atoms with Gasteiger partial charge in [-0.3, -0.25) is 4.79 Å². The number of hydrogen-bond acceptors (Lipinski definition) is 5. The number of hydrogen-bond donors (Lipinski definition) is 0. The van der Waals surface area contributed by atoms with Crippen LogP contribution < -0.4 is 0 Å². The minimum Gasteiger partial charge on any atom is -0.436 e. The van der Waals surface area contributed by atoms with Crippen molar-refractivity contribution in [3.63, 3.8) is 0 Å². The van der Waals surface area contributed by atoms with Gasteiger partial charge in [-0.2, -0.15) is 0 Å². The second kappa shape index (κ2) is 9.03. The summed E-state index contributed by atoms with van der Waals surface area (Å²) in [6.07, 6.45) is 1.16. The van der Waals surface area contributed by atoms with Crippen molar-refractivity contribution in [1.82, 2.24) is 0 Å². The van der Waals surface area contributed by atoms with Crippen molar-refractivity contribution in [1.29, 1.82) is 0 Å². The van der Waals surface area contributed by atoms with Gasteiger partial charge in [-0.05, 0) is 30.6 Å². The van der Waals surface area contributed by atoms with Crippen molar-refractivity contribution in [3.05, 3.63) is 0 Å². The lowest BCUT2D eigenvalue weighted by Crippen LogP contribution is -2.55. The van der Waals surface area contributed by atoms with E-state index >= 15 is 0 Å². The van der Waals surface area contributed by atoms with Crippen LogP contribution >= 0.6 is 0 Å². The zero-order chi connectivity index (χ0) is 19.6. The van der Waals surface area contributed by atoms with Crippen molar-refractivity contribution in [2.45, 2.75) is 99.1 Å². The minimum atomic E-state index is -0.501. The van der Waals surface area contributed by atoms with Gasteiger partial charge in [0.25, 0.3) is 0 Å². The first-order chi connectivity index (χ1) is 12.2. The van der Waals surface area contributed by atoms with Crippen LogP contribution in [0.15, 0.2) is 0 Å². The van der Waals surface area contributed by atoms with E-state index in [0.717, 1.165) is 12.8 Å². The first-order valence-electron chi connectivity index (χ1n) is 10.3. The van der Waals surface area contributed by atoms with E-state index < -0.39 is 6.29 Å². The van der Waals surface area contributed by atoms with Crippen molar-refractivity contribution < 1.29 is 23.7 Å². The van der Waals surface area contributed by atoms with Gasteiger partial charge in [0.05, 0.1) is 18.3 Å². The highest BCUT2D eigenvalue weighted by molar-refractivity contribution is 5.66. The minimum absolute atomic E-state index is 0.0626. The molecule has 10 atom stereocenters. The maximum absolute atomic E-state index is 11.4. The van der Waals surface area contributed by atoms with Gasteiger partial charge in [0.2, 0.25) is 6.29 Å². The van der Waals surface area contributed by atoms with Gasteiger partial charge in [-0.25, -0.2) is 0 Å². The Bertz CT molecular complexity index is 463. The smallest absolute Gasteiger partial charge is 0.304 e. The van der Waals surface area contributed by atoms with E-state index in [1.807, 2.05) is 0 Å². The first kappa shape index (κ1) is 21.6. The SMILES string of the molecule is CCC1OC(OC(C)=O)[C@H](C)C(C)[C@H]1O[C@@H]1OC(CC)[C@@H](C)[C@H](C)C1C. The van der Waals surface area contributed by atoms with Crippen LogP contribution in [0.2, 0.25) is 0 Å². The van der Waals surface area contributed by atoms with Gasteiger partial charge >= 0.3 is 5.97 Å². The van der Waals surface area contributed by atoms with Gasteiger partial charge in [-0.1, -0.05) is 48.5 Å². The van der Waals surface area contributed by atoms with Crippen molar-refractivity contribution in [2.24, 2.45) is 29.6 Å². The number of ether oxygens (including phenoxy) is 4. The Morgan fingerprint density at radius 3 is 1.85 bits per heavy atom. The fraction of sp³-hybridized carbons (Fsp3) is 0.952. The van der Waals surface area contributed by atoms with E-state index in [0.29, 0.717) is 17.8 Å². The normalized spacial score (nSPS) is 46.8. The Kier molecular flexibility index (Phi) is 7.52. The van der Waals surface area contributed by atoms with Gasteiger partial charge in [0.1, 0.15) is 0 Å². The second-order valence-electron chi connectivity index (χ2n) is 8.41. The molecule has 5 heteroatoms. The maximum Gasteiger partial charge on any atom is 0.304 e. The van der Waals surface area contributed by atoms with E-state index in [-0.39, 0.29) is 42.4 Å². The Balaban J connectivity index is 2.12. The molecule has 0 N–H and O–H groups in total. The van der Waals surface area contributed by atoms with Gasteiger partial charge in [0.15, 0.2) is 6.29 Å². The molecule has 2 aliphatic rings. The Labute approximate surface area is 159 Å². The highest BCUT2D eigenvalue weighted by Crippen LogP contribution is 2.40. The molecule has 0 bridgehead atoms. The summed E-state index contributed by atoms with van der Waals surface area (Å²) in [5.41, 5.74) is 0. The van der Waals surface area contributed by atoms with Crippen molar-refractivity contribution in [2.75, 3.05) is 0 Å². The lowest BCUT2D eigenvalue weighted by molar-refractivity contribution is -0.319. The first-order valence-corrected chi connectivity index (χ1v) is 10.3. The third-order valence-electron chi connectivity index (χ3n) is 6.81. The molecule has 0 aromatic heterocycles. The average molecular weight is 371 g/mol. The van der Waals surface area contributed by atoms with Crippen molar-refractivity contribution >= 4 is 5.97 Å². The highest BCUT2D eigenvalue weighted by Gasteiger charge is 2.46. The van der Waals surface area contributed by atoms with Crippen LogP contribution in [0.1, 0.15) is 68.2 Å². The molecule has 26 heavy (non-hydrogen) atoms. The summed E-state index contributed by atoms with van der Waals surface area (Å²) in [4.78, 5) is 11.4. The number of carbonyl (C=O) groups is 1. The fourth-order valence-electron chi connectivity index (χ4n) is 4.36. The molecular formula is C21H38O5. The lowest BCUT2D eigenvalue weighted by atomic mass is 9.78. The summed E-state index contributed by atoms with van der Waals surface area (Å²) in [7, 11) is 0. The largest absolute Gasteiger partial charge is 0.436 e. The molecule has 2 heterocycles. The zero-order valence-electron chi connectivity index (χ0n) is 17.7. The van der Waals surface area contributed by atoms with Crippen LogP contribution in [0.4, 0.5) is 0 Å². The summed E-state index contributed by atoms with van der Waals surface area (Å²) in [6, 6.07) is 0. The Morgan fingerprint density at radius 2 is 1.31 bits per heavy atom. The third-order valence-corrected chi connectivity index (χ3v) is 6.81. The molecule has 0 saturated carbocycles. The molecule has 0 aromatic rings. The second-order valence-corrected chi connectivity index (χ2v) is 8.41. The molecule has 0 spiro atoms. The summed E-state index contributed by atoms with van der Waals surface area (Å²) >= 11 is 0. The molecular weight excluding hydrogens is 332 g/mol. The van der Waals surface area contributed by atoms with E-state index in [2.05, 4.69) is 48.5 Å². The Hall–Kier alpha value is -0.650. The third kappa shape index (κ3) is 4.42. The monoisotopic (exact) mass is 370 g/mol. The van der Waals surface area contributed by atoms with Crippen LogP contribution in [0.3, 0.4) is 0 Å². The molecule has 0 aromatic carbocycles. The van der Waals surface area contributed by atoms with Crippen molar-refractivity contribution in [3.8, 4) is 0 Å². The van der Waals surface area contributed by atoms with E-state index in [1.165, 1.54) is 6.92 Å². The number of rotatable bonds is 5. The van der Waals surface area contributed by atoms with Gasteiger partial charge < -0.3 is 18.9 Å². The van der Waals surface area contributed by atoms with E-state index in [1.54, 1.807) is 0 Å². The summed E-state index contributed by atoms with van der Waals surface area (Å²) in [5.74, 6) is 1.39. The molecule has 2 saturated heterocycles. The van der Waals surface area contributed by atoms with Crippen LogP contribution in [0.25, 0.3) is 0 Å². The molecule has 2 rings (SSSR count). The van der Waals surface area contributed by atoms with E-state index in [4.69, 9.17) is 18.9 Å². The number of esters is 1. The zero-order valence-corrected chi connectivity index (χ0v) is 17.7. The van der Waals surface area contributed by atoms with Gasteiger partial charge in [-0.15, -0.1) is 0 Å². The predicted molar refractivity (Wildman–Crippen MR) is 100 cm³/mol. The van der Waals surface area contributed by atoms with Gasteiger partial charge in [0, 0.05) is 18.8 Å². The maximum atomic E-state index is 11.4. The van der Waals surface area contributed by atoms with Crippen LogP contribution in [0, 0.1) is 29.6 Å². The molecule has 152 valence electrons. The Morgan fingerprint density at radius 1 is 0.769 bits per heavy atom.